The Labute approximate surface area is 341 Å². The predicted molar refractivity (Wildman–Crippen MR) is 196 cm³/mol. The number of aryl methyl sites for hydroxylation is 1. The van der Waals surface area contributed by atoms with E-state index in [-0.39, 0.29) is 45.7 Å². The van der Waals surface area contributed by atoms with E-state index in [9.17, 15) is 29.4 Å². The predicted octanol–water partition coefficient (Wildman–Crippen LogP) is 0.661. The molecule has 3 heterocycles. The van der Waals surface area contributed by atoms with Gasteiger partial charge in [0.2, 0.25) is 18.0 Å². The maximum atomic E-state index is 13.5. The Bertz CT molecular complexity index is 1560. The number of carboxylic acid groups (broad SMARTS) is 4. The van der Waals surface area contributed by atoms with E-state index in [1.165, 1.54) is 4.90 Å². The average Bonchev–Trinajstić information content (AvgIpc) is 3.67. The van der Waals surface area contributed by atoms with E-state index in [1.807, 2.05) is 66.7 Å². The summed E-state index contributed by atoms with van der Waals surface area (Å²) in [7, 11) is 0. The van der Waals surface area contributed by atoms with E-state index >= 15 is 0 Å². The quantitative estimate of drug-likeness (QED) is 0.111. The van der Waals surface area contributed by atoms with Crippen molar-refractivity contribution in [1.82, 2.24) is 30.4 Å². The molecular formula is C40H51N6O9Re-3. The third-order valence-electron chi connectivity index (χ3n) is 9.20. The van der Waals surface area contributed by atoms with Crippen molar-refractivity contribution >= 4 is 29.9 Å². The van der Waals surface area contributed by atoms with Gasteiger partial charge >= 0.3 is 0 Å². The molecule has 4 rings (SSSR count). The van der Waals surface area contributed by atoms with Crippen LogP contribution in [0.5, 0.6) is 0 Å². The van der Waals surface area contributed by atoms with E-state index in [2.05, 4.69) is 25.5 Å². The number of aliphatic carboxylic acids is 2. The molecule has 1 radical (unpaired) electrons. The number of aromatic nitrogens is 2. The molecule has 0 saturated carbocycles. The van der Waals surface area contributed by atoms with Crippen molar-refractivity contribution in [3.63, 3.8) is 0 Å². The van der Waals surface area contributed by atoms with E-state index in [1.54, 1.807) is 12.4 Å². The van der Waals surface area contributed by atoms with Crippen LogP contribution in [-0.2, 0) is 59.1 Å². The van der Waals surface area contributed by atoms with Crippen molar-refractivity contribution in [2.45, 2.75) is 102 Å². The Balaban J connectivity index is 0.00000206. The minimum atomic E-state index is -2.08. The van der Waals surface area contributed by atoms with Gasteiger partial charge in [-0.15, -0.1) is 0 Å². The van der Waals surface area contributed by atoms with Gasteiger partial charge in [-0.2, -0.15) is 0 Å². The van der Waals surface area contributed by atoms with E-state index in [4.69, 9.17) is 15.0 Å². The first-order valence-electron chi connectivity index (χ1n) is 18.7. The smallest absolute Gasteiger partial charge is 0.249 e. The minimum absolute atomic E-state index is 0. The summed E-state index contributed by atoms with van der Waals surface area (Å²) in [6, 6.07) is 18.2. The van der Waals surface area contributed by atoms with Gasteiger partial charge in [0.25, 0.3) is 0 Å². The van der Waals surface area contributed by atoms with Crippen LogP contribution in [0.25, 0.3) is 0 Å². The van der Waals surface area contributed by atoms with Crippen molar-refractivity contribution in [2.75, 3.05) is 19.6 Å². The third-order valence-corrected chi connectivity index (χ3v) is 9.20. The second-order valence-corrected chi connectivity index (χ2v) is 13.4. The fourth-order valence-corrected chi connectivity index (χ4v) is 6.46. The molecule has 15 nitrogen and oxygen atoms in total. The first kappa shape index (κ1) is 47.4. The van der Waals surface area contributed by atoms with Gasteiger partial charge in [-0.3, -0.25) is 29.8 Å². The monoisotopic (exact) mass is 945 g/mol. The van der Waals surface area contributed by atoms with E-state index < -0.39 is 42.1 Å². The third kappa shape index (κ3) is 18.7. The van der Waals surface area contributed by atoms with Gasteiger partial charge in [-0.1, -0.05) is 48.9 Å². The summed E-state index contributed by atoms with van der Waals surface area (Å²) >= 11 is 0. The zero-order chi connectivity index (χ0) is 39.8. The Morgan fingerprint density at radius 1 is 0.804 bits per heavy atom. The van der Waals surface area contributed by atoms with Crippen LogP contribution in [0.3, 0.4) is 0 Å². The molecule has 56 heavy (non-hydrogen) atoms. The number of carboxylic acids is 2. The molecule has 2 amide bonds. The van der Waals surface area contributed by atoms with Crippen molar-refractivity contribution in [3.8, 4) is 0 Å². The van der Waals surface area contributed by atoms with Crippen LogP contribution in [-0.4, -0.2) is 92.5 Å². The summed E-state index contributed by atoms with van der Waals surface area (Å²) in [6.07, 6.45) is 7.43. The van der Waals surface area contributed by atoms with Crippen LogP contribution in [0.2, 0.25) is 0 Å². The van der Waals surface area contributed by atoms with E-state index in [0.29, 0.717) is 45.1 Å². The average molecular weight is 946 g/mol. The van der Waals surface area contributed by atoms with E-state index in [0.717, 1.165) is 55.8 Å². The van der Waals surface area contributed by atoms with Crippen molar-refractivity contribution in [3.05, 3.63) is 96.1 Å². The molecule has 1 aliphatic rings. The summed E-state index contributed by atoms with van der Waals surface area (Å²) in [6.45, 7) is 2.99. The first-order chi connectivity index (χ1) is 26.5. The Hall–Kier alpha value is -4.75. The van der Waals surface area contributed by atoms with Crippen molar-refractivity contribution < 1.29 is 64.8 Å². The van der Waals surface area contributed by atoms with Gasteiger partial charge in [0.1, 0.15) is 0 Å². The van der Waals surface area contributed by atoms with Crippen LogP contribution < -0.4 is 26.0 Å². The fourth-order valence-electron chi connectivity index (χ4n) is 6.46. The molecule has 1 aliphatic heterocycles. The zero-order valence-corrected chi connectivity index (χ0v) is 34.1. The molecule has 1 saturated heterocycles. The maximum absolute atomic E-state index is 13.5. The standard InChI is InChI=1S/C39H52N6O6.CH2O3.Re/c46-36(20-5-2-12-26-44(28-31-16-6-9-23-40-31)29-32-17-7-10-24-41-32)42-25-11-8-18-33(37(47)45-27-13-19-35(45)39(50)51)43-34(38(48)49)22-21-30-14-3-1-4-15-30;2-1(3)4;/h1,3-4,6-7,9-10,14-17,23-24,33-35,43H,2,5,8,11-13,18-22,25-29H2,(H,42,46)(H,48,49)(H,50,51);(H2,2,3,4);/p-3/t33-,34+,35-;;/m0../s1/i;;1+0. The summed E-state index contributed by atoms with van der Waals surface area (Å²) < 4.78 is 0. The second-order valence-electron chi connectivity index (χ2n) is 13.4. The first-order valence-corrected chi connectivity index (χ1v) is 18.7. The summed E-state index contributed by atoms with van der Waals surface area (Å²) in [4.78, 5) is 70.9. The van der Waals surface area contributed by atoms with Crippen LogP contribution in [0, 0.1) is 0 Å². The second kappa shape index (κ2) is 27.0. The van der Waals surface area contributed by atoms with Crippen LogP contribution >= 0.6 is 0 Å². The number of rotatable bonds is 23. The molecule has 2 aromatic heterocycles. The normalized spacial score (nSPS) is 14.4. The number of hydrogen-bond acceptors (Lipinski definition) is 12. The largest absolute Gasteiger partial charge is 0.565 e. The van der Waals surface area contributed by atoms with Gasteiger partial charge in [0.05, 0.1) is 35.4 Å². The molecule has 16 heteroatoms. The number of unbranched alkanes of at least 4 members (excludes halogenated alkanes) is 3. The molecule has 0 aliphatic carbocycles. The Morgan fingerprint density at radius 3 is 2.00 bits per heavy atom. The molecule has 3 N–H and O–H groups in total. The summed E-state index contributed by atoms with van der Waals surface area (Å²) in [5.74, 6) is -3.11. The maximum Gasteiger partial charge on any atom is 0.249 e. The minimum Gasteiger partial charge on any atom is -0.565 e. The van der Waals surface area contributed by atoms with Crippen molar-refractivity contribution in [2.24, 2.45) is 0 Å². The molecule has 305 valence electrons. The Kier molecular flexibility index (Phi) is 22.8. The number of carbonyl (C=O) groups is 5. The topological polar surface area (TPSA) is 231 Å². The van der Waals surface area contributed by atoms with Gasteiger partial charge in [0.15, 0.2) is 0 Å². The van der Waals surface area contributed by atoms with Gasteiger partial charge in [0, 0.05) is 71.5 Å². The molecule has 1 fully saturated rings. The molecule has 3 aromatic rings. The molecule has 3 atom stereocenters. The van der Waals surface area contributed by atoms with Crippen molar-refractivity contribution in [1.29, 1.82) is 0 Å². The summed E-state index contributed by atoms with van der Waals surface area (Å²) in [5.41, 5.74) is 2.96. The molecule has 1 aromatic carbocycles. The fraction of sp³-hybridized carbons (Fsp3) is 0.475. The summed E-state index contributed by atoms with van der Waals surface area (Å²) in [5, 5.41) is 45.0. The molecule has 0 unspecified atom stereocenters. The number of nitrogens with zero attached hydrogens (tertiary/aromatic N) is 4. The SMILES string of the molecule is O=C(CCCCCN(Cc1ccccn1)Cc1ccccn1)NCCCC[C@H](N[C@H](CCc1ccccc1)C(=O)[O-])C(=O)N1CCC[C@H]1C(=O)[O-].O=C([O-])O.[186Re]. The number of nitrogens with one attached hydrogen (secondary N) is 2. The Morgan fingerprint density at radius 2 is 1.43 bits per heavy atom. The number of carbonyl (C=O) groups excluding carboxylic acids is 4. The number of likely N-dealkylation sites (tertiary alicyclic amines) is 1. The molecule has 0 bridgehead atoms. The number of pyridine rings is 2. The number of hydrogen-bond donors (Lipinski definition) is 3. The van der Waals surface area contributed by atoms with Crippen LogP contribution in [0.1, 0.15) is 81.2 Å². The molecular weight excluding hydrogens is 894 g/mol. The van der Waals surface area contributed by atoms with Crippen LogP contribution in [0.4, 0.5) is 4.79 Å². The van der Waals surface area contributed by atoms with Gasteiger partial charge < -0.3 is 45.0 Å². The van der Waals surface area contributed by atoms with Gasteiger partial charge in [-0.25, -0.2) is 0 Å². The number of amides is 2. The molecule has 0 spiro atoms. The zero-order valence-electron chi connectivity index (χ0n) is 31.4. The van der Waals surface area contributed by atoms with Gasteiger partial charge in [-0.05, 0) is 94.2 Å². The van der Waals surface area contributed by atoms with Crippen LogP contribution in [0.15, 0.2) is 79.1 Å². The number of benzene rings is 1.